The van der Waals surface area contributed by atoms with Crippen molar-refractivity contribution in [3.8, 4) is 6.07 Å². The van der Waals surface area contributed by atoms with Crippen molar-refractivity contribution in [3.05, 3.63) is 29.8 Å². The van der Waals surface area contributed by atoms with Gasteiger partial charge < -0.3 is 10.6 Å². The highest BCUT2D eigenvalue weighted by Gasteiger charge is 2.18. The lowest BCUT2D eigenvalue weighted by molar-refractivity contribution is -0.119. The Kier molecular flexibility index (Phi) is 6.20. The van der Waals surface area contributed by atoms with Gasteiger partial charge in [0, 0.05) is 19.2 Å². The van der Waals surface area contributed by atoms with E-state index < -0.39 is 0 Å². The number of nitriles is 1. The molecule has 1 aromatic carbocycles. The number of rotatable bonds is 6. The number of hydrogen-bond donors (Lipinski definition) is 1. The first-order valence-electron chi connectivity index (χ1n) is 6.94. The molecular formula is C16H23N3O. The minimum atomic E-state index is 0.0381. The molecule has 0 unspecified atom stereocenters. The number of benzene rings is 1. The van der Waals surface area contributed by atoms with Crippen LogP contribution in [-0.4, -0.2) is 19.5 Å². The lowest BCUT2D eigenvalue weighted by atomic mass is 9.94. The predicted molar refractivity (Wildman–Crippen MR) is 81.2 cm³/mol. The number of carbonyl (C=O) groups is 1. The molecule has 108 valence electrons. The van der Waals surface area contributed by atoms with Gasteiger partial charge in [-0.25, -0.2) is 0 Å². The zero-order chi connectivity index (χ0) is 15.1. The fraction of sp³-hybridized carbons (Fsp3) is 0.500. The Morgan fingerprint density at radius 1 is 1.45 bits per heavy atom. The maximum absolute atomic E-state index is 12.3. The Hall–Kier alpha value is -1.86. The second-order valence-electron chi connectivity index (χ2n) is 5.55. The van der Waals surface area contributed by atoms with Crippen LogP contribution in [-0.2, 0) is 4.79 Å². The van der Waals surface area contributed by atoms with Crippen LogP contribution in [0.5, 0.6) is 0 Å². The molecule has 20 heavy (non-hydrogen) atoms. The third-order valence-electron chi connectivity index (χ3n) is 3.34. The Morgan fingerprint density at radius 2 is 2.15 bits per heavy atom. The first-order valence-corrected chi connectivity index (χ1v) is 6.94. The molecule has 1 atom stereocenters. The molecule has 4 heteroatoms. The van der Waals surface area contributed by atoms with E-state index in [1.807, 2.05) is 6.07 Å². The normalized spacial score (nSPS) is 12.0. The molecule has 0 bridgehead atoms. The zero-order valence-electron chi connectivity index (χ0n) is 12.5. The van der Waals surface area contributed by atoms with Crippen LogP contribution in [0.3, 0.4) is 0 Å². The molecule has 0 fully saturated rings. The van der Waals surface area contributed by atoms with Gasteiger partial charge in [0.1, 0.15) is 0 Å². The standard InChI is InChI=1S/C16H23N3O/c1-12(2)7-14(11-18)9-16(20)19(3)15-6-4-5-13(8-15)10-17/h4-6,8,12,14H,7,9,11,18H2,1-3H3/t14-/m0/s1. The average molecular weight is 273 g/mol. The smallest absolute Gasteiger partial charge is 0.227 e. The topological polar surface area (TPSA) is 70.1 Å². The zero-order valence-corrected chi connectivity index (χ0v) is 12.5. The van der Waals surface area contributed by atoms with E-state index in [1.54, 1.807) is 30.1 Å². The molecule has 0 spiro atoms. The number of hydrogen-bond acceptors (Lipinski definition) is 3. The minimum Gasteiger partial charge on any atom is -0.330 e. The minimum absolute atomic E-state index is 0.0381. The van der Waals surface area contributed by atoms with Crippen LogP contribution >= 0.6 is 0 Å². The van der Waals surface area contributed by atoms with Crippen LogP contribution < -0.4 is 10.6 Å². The molecule has 0 aliphatic rings. The predicted octanol–water partition coefficient (Wildman–Crippen LogP) is 2.53. The van der Waals surface area contributed by atoms with E-state index >= 15 is 0 Å². The van der Waals surface area contributed by atoms with Crippen molar-refractivity contribution in [1.29, 1.82) is 5.26 Å². The maximum Gasteiger partial charge on any atom is 0.227 e. The van der Waals surface area contributed by atoms with Crippen molar-refractivity contribution in [2.45, 2.75) is 26.7 Å². The molecule has 1 rings (SSSR count). The van der Waals surface area contributed by atoms with Gasteiger partial charge in [0.15, 0.2) is 0 Å². The van der Waals surface area contributed by atoms with Crippen molar-refractivity contribution >= 4 is 11.6 Å². The van der Waals surface area contributed by atoms with Gasteiger partial charge in [-0.1, -0.05) is 19.9 Å². The van der Waals surface area contributed by atoms with Gasteiger partial charge in [-0.05, 0) is 43.0 Å². The molecule has 0 saturated carbocycles. The summed E-state index contributed by atoms with van der Waals surface area (Å²) in [6.45, 7) is 4.79. The number of nitrogens with two attached hydrogens (primary N) is 1. The number of anilines is 1. The van der Waals surface area contributed by atoms with E-state index in [-0.39, 0.29) is 11.8 Å². The monoisotopic (exact) mass is 273 g/mol. The highest BCUT2D eigenvalue weighted by molar-refractivity contribution is 5.93. The Balaban J connectivity index is 2.73. The fourth-order valence-corrected chi connectivity index (χ4v) is 2.24. The molecule has 1 amide bonds. The molecule has 4 nitrogen and oxygen atoms in total. The van der Waals surface area contributed by atoms with E-state index in [4.69, 9.17) is 11.0 Å². The van der Waals surface area contributed by atoms with Gasteiger partial charge in [-0.2, -0.15) is 5.26 Å². The van der Waals surface area contributed by atoms with Gasteiger partial charge in [0.2, 0.25) is 5.91 Å². The van der Waals surface area contributed by atoms with E-state index in [2.05, 4.69) is 19.9 Å². The van der Waals surface area contributed by atoms with Crippen molar-refractivity contribution in [2.75, 3.05) is 18.5 Å². The van der Waals surface area contributed by atoms with Crippen LogP contribution in [0.4, 0.5) is 5.69 Å². The lowest BCUT2D eigenvalue weighted by Crippen LogP contribution is -2.30. The van der Waals surface area contributed by atoms with Crippen molar-refractivity contribution < 1.29 is 4.79 Å². The Labute approximate surface area is 121 Å². The molecule has 0 radical (unpaired) electrons. The third-order valence-corrected chi connectivity index (χ3v) is 3.34. The summed E-state index contributed by atoms with van der Waals surface area (Å²) < 4.78 is 0. The highest BCUT2D eigenvalue weighted by atomic mass is 16.2. The Morgan fingerprint density at radius 3 is 2.70 bits per heavy atom. The first kappa shape index (κ1) is 16.2. The van der Waals surface area contributed by atoms with Crippen LogP contribution in [0, 0.1) is 23.2 Å². The van der Waals surface area contributed by atoms with E-state index in [9.17, 15) is 4.79 Å². The number of nitrogens with zero attached hydrogens (tertiary/aromatic N) is 2. The molecule has 0 aromatic heterocycles. The summed E-state index contributed by atoms with van der Waals surface area (Å²) in [5.41, 5.74) is 7.04. The van der Waals surface area contributed by atoms with E-state index in [1.165, 1.54) is 0 Å². The largest absolute Gasteiger partial charge is 0.330 e. The van der Waals surface area contributed by atoms with Crippen LogP contribution in [0.1, 0.15) is 32.3 Å². The van der Waals surface area contributed by atoms with E-state index in [0.29, 0.717) is 24.4 Å². The molecule has 0 aliphatic carbocycles. The number of carbonyl (C=O) groups excluding carboxylic acids is 1. The number of amides is 1. The summed E-state index contributed by atoms with van der Waals surface area (Å²) in [7, 11) is 1.74. The molecule has 1 aromatic rings. The SMILES string of the molecule is CC(C)C[C@H](CN)CC(=O)N(C)c1cccc(C#N)c1. The van der Waals surface area contributed by atoms with Crippen molar-refractivity contribution in [3.63, 3.8) is 0 Å². The summed E-state index contributed by atoms with van der Waals surface area (Å²) in [4.78, 5) is 13.9. The second kappa shape index (κ2) is 7.66. The van der Waals surface area contributed by atoms with Gasteiger partial charge in [0.25, 0.3) is 0 Å². The molecule has 0 heterocycles. The first-order chi connectivity index (χ1) is 9.47. The summed E-state index contributed by atoms with van der Waals surface area (Å²) in [5, 5.41) is 8.90. The second-order valence-corrected chi connectivity index (χ2v) is 5.55. The molecule has 0 saturated heterocycles. The van der Waals surface area contributed by atoms with Crippen LogP contribution in [0.25, 0.3) is 0 Å². The Bertz CT molecular complexity index is 491. The average Bonchev–Trinajstić information content (AvgIpc) is 2.45. The maximum atomic E-state index is 12.3. The van der Waals surface area contributed by atoms with Gasteiger partial charge >= 0.3 is 0 Å². The molecule has 0 aliphatic heterocycles. The van der Waals surface area contributed by atoms with Gasteiger partial charge in [-0.15, -0.1) is 0 Å². The van der Waals surface area contributed by atoms with Gasteiger partial charge in [0.05, 0.1) is 11.6 Å². The van der Waals surface area contributed by atoms with Crippen LogP contribution in [0.2, 0.25) is 0 Å². The lowest BCUT2D eigenvalue weighted by Gasteiger charge is -2.22. The molecular weight excluding hydrogens is 250 g/mol. The quantitative estimate of drug-likeness (QED) is 0.865. The van der Waals surface area contributed by atoms with Crippen LogP contribution in [0.15, 0.2) is 24.3 Å². The third kappa shape index (κ3) is 4.67. The summed E-state index contributed by atoms with van der Waals surface area (Å²) in [5.74, 6) is 0.781. The van der Waals surface area contributed by atoms with Gasteiger partial charge in [-0.3, -0.25) is 4.79 Å². The van der Waals surface area contributed by atoms with E-state index in [0.717, 1.165) is 12.1 Å². The van der Waals surface area contributed by atoms with Crippen molar-refractivity contribution in [1.82, 2.24) is 0 Å². The summed E-state index contributed by atoms with van der Waals surface area (Å²) >= 11 is 0. The highest BCUT2D eigenvalue weighted by Crippen LogP contribution is 2.19. The molecule has 2 N–H and O–H groups in total. The summed E-state index contributed by atoms with van der Waals surface area (Å²) in [6, 6.07) is 9.14. The summed E-state index contributed by atoms with van der Waals surface area (Å²) in [6.07, 6.45) is 1.40. The fourth-order valence-electron chi connectivity index (χ4n) is 2.24. The van der Waals surface area contributed by atoms with Crippen molar-refractivity contribution in [2.24, 2.45) is 17.6 Å².